The summed E-state index contributed by atoms with van der Waals surface area (Å²) in [5.41, 5.74) is 13.1. The number of rotatable bonds is 9. The lowest BCUT2D eigenvalue weighted by Crippen LogP contribution is -2.11. The summed E-state index contributed by atoms with van der Waals surface area (Å²) in [6, 6.07) is 70.9. The Kier molecular flexibility index (Phi) is 8.19. The van der Waals surface area contributed by atoms with Crippen LogP contribution in [0, 0.1) is 0 Å². The summed E-state index contributed by atoms with van der Waals surface area (Å²) in [6.45, 7) is 0. The average Bonchev–Trinajstić information content (AvgIpc) is 3.31. The number of hydrogen-bond acceptors (Lipinski definition) is 1. The van der Waals surface area contributed by atoms with E-state index in [0.717, 1.165) is 61.3 Å². The summed E-state index contributed by atoms with van der Waals surface area (Å²) >= 11 is 0. The van der Waals surface area contributed by atoms with Crippen molar-refractivity contribution in [2.24, 2.45) is 0 Å². The van der Waals surface area contributed by atoms with Gasteiger partial charge in [0.15, 0.2) is 0 Å². The molecule has 0 radical (unpaired) electrons. The second-order valence-corrected chi connectivity index (χ2v) is 13.4. The minimum atomic E-state index is -0.122. The first-order valence-electron chi connectivity index (χ1n) is 20.5. The van der Waals surface area contributed by atoms with E-state index < -0.39 is 0 Å². The summed E-state index contributed by atoms with van der Waals surface area (Å²) < 4.78 is 37.7. The van der Waals surface area contributed by atoms with E-state index in [1.165, 1.54) is 0 Å². The van der Waals surface area contributed by atoms with E-state index in [9.17, 15) is 5.48 Å². The lowest BCUT2D eigenvalue weighted by atomic mass is 9.88. The lowest BCUT2D eigenvalue weighted by Gasteiger charge is -2.29. The van der Waals surface area contributed by atoms with Crippen molar-refractivity contribution >= 4 is 17.1 Å². The highest BCUT2D eigenvalue weighted by Crippen LogP contribution is 2.45. The van der Waals surface area contributed by atoms with Crippen LogP contribution in [-0.2, 0) is 0 Å². The Morgan fingerprint density at radius 3 is 1.11 bits per heavy atom. The number of hydrogen-bond donors (Lipinski definition) is 0. The molecule has 260 valence electrons. The first kappa shape index (κ1) is 29.3. The van der Waals surface area contributed by atoms with Gasteiger partial charge in [-0.05, 0) is 91.5 Å². The Bertz CT molecular complexity index is 2860. The van der Waals surface area contributed by atoms with Crippen molar-refractivity contribution in [2.45, 2.75) is 0 Å². The van der Waals surface area contributed by atoms with Gasteiger partial charge in [0.25, 0.3) is 0 Å². The number of para-hydroxylation sites is 1. The van der Waals surface area contributed by atoms with Crippen LogP contribution >= 0.6 is 0 Å². The van der Waals surface area contributed by atoms with Gasteiger partial charge in [0.1, 0.15) is 0 Å². The van der Waals surface area contributed by atoms with Gasteiger partial charge in [0.2, 0.25) is 0 Å². The van der Waals surface area contributed by atoms with Crippen LogP contribution in [0.2, 0.25) is 0 Å². The zero-order valence-electron chi connectivity index (χ0n) is 34.2. The molecule has 0 unspecified atom stereocenters. The SMILES string of the molecule is [2H]c1c([2H])c(N(c2ccc(-c3ccc(-c4ccccc4)cc3)cc2)c2ccccc2-c2ccccc2-c2ccccc2-c2ccccc2)c([2H])c([2H])c1-c1ccccc1. The molecule has 55 heavy (non-hydrogen) atoms. The molecule has 0 bridgehead atoms. The third-order valence-corrected chi connectivity index (χ3v) is 10.0. The third-order valence-electron chi connectivity index (χ3n) is 10.0. The second kappa shape index (κ2) is 15.4. The molecule has 0 aliphatic heterocycles. The van der Waals surface area contributed by atoms with Crippen molar-refractivity contribution in [3.8, 4) is 66.8 Å². The predicted octanol–water partition coefficient (Wildman–Crippen LogP) is 15.2. The maximum absolute atomic E-state index is 9.56. The summed E-state index contributed by atoms with van der Waals surface area (Å²) in [7, 11) is 0. The highest BCUT2D eigenvalue weighted by Gasteiger charge is 2.20. The molecule has 0 aliphatic carbocycles. The fraction of sp³-hybridized carbons (Fsp3) is 0. The lowest BCUT2D eigenvalue weighted by molar-refractivity contribution is 1.28. The maximum atomic E-state index is 9.56. The molecule has 1 nitrogen and oxygen atoms in total. The van der Waals surface area contributed by atoms with Gasteiger partial charge >= 0.3 is 0 Å². The Labute approximate surface area is 329 Å². The minimum absolute atomic E-state index is 0.0954. The van der Waals surface area contributed by atoms with Gasteiger partial charge in [-0.2, -0.15) is 0 Å². The largest absolute Gasteiger partial charge is 0.310 e. The standard InChI is InChI=1S/C54H39N/c1-4-16-40(17-5-1)42-28-30-43(31-29-42)45-34-38-48(39-35-45)55(47-36-32-44(33-37-47)41-18-6-2-7-19-41)54-27-15-14-26-53(54)52-25-13-12-24-51(52)50-23-11-10-22-49(50)46-20-8-3-9-21-46/h1-39H/i32D,33D,36D,37D. The fourth-order valence-corrected chi connectivity index (χ4v) is 7.28. The van der Waals surface area contributed by atoms with E-state index in [2.05, 4.69) is 121 Å². The van der Waals surface area contributed by atoms with Crippen LogP contribution in [0.5, 0.6) is 0 Å². The zero-order valence-corrected chi connectivity index (χ0v) is 30.2. The smallest absolute Gasteiger partial charge is 0.0645 e. The van der Waals surface area contributed by atoms with Crippen molar-refractivity contribution in [2.75, 3.05) is 4.90 Å². The molecule has 0 aliphatic rings. The van der Waals surface area contributed by atoms with E-state index in [1.54, 1.807) is 0 Å². The fourth-order valence-electron chi connectivity index (χ4n) is 7.28. The van der Waals surface area contributed by atoms with Gasteiger partial charge in [-0.3, -0.25) is 0 Å². The van der Waals surface area contributed by atoms with E-state index in [4.69, 9.17) is 0 Å². The van der Waals surface area contributed by atoms with Gasteiger partial charge in [-0.25, -0.2) is 0 Å². The molecule has 1 heteroatoms. The van der Waals surface area contributed by atoms with Crippen molar-refractivity contribution in [3.05, 3.63) is 236 Å². The molecule has 9 rings (SSSR count). The number of nitrogens with zero attached hydrogens (tertiary/aromatic N) is 1. The van der Waals surface area contributed by atoms with Crippen LogP contribution in [0.3, 0.4) is 0 Å². The summed E-state index contributed by atoms with van der Waals surface area (Å²) in [5.74, 6) is 0. The Balaban J connectivity index is 1.22. The quantitative estimate of drug-likeness (QED) is 0.144. The van der Waals surface area contributed by atoms with E-state index in [0.29, 0.717) is 11.3 Å². The van der Waals surface area contributed by atoms with Crippen LogP contribution in [0.15, 0.2) is 236 Å². The van der Waals surface area contributed by atoms with Crippen molar-refractivity contribution in [1.29, 1.82) is 0 Å². The first-order valence-corrected chi connectivity index (χ1v) is 18.5. The van der Waals surface area contributed by atoms with Crippen LogP contribution in [0.25, 0.3) is 66.8 Å². The van der Waals surface area contributed by atoms with Crippen LogP contribution in [0.4, 0.5) is 17.1 Å². The zero-order chi connectivity index (χ0) is 40.3. The molecule has 0 N–H and O–H groups in total. The highest BCUT2D eigenvalue weighted by atomic mass is 15.1. The van der Waals surface area contributed by atoms with Crippen LogP contribution < -0.4 is 4.90 Å². The Morgan fingerprint density at radius 1 is 0.236 bits per heavy atom. The molecule has 0 saturated carbocycles. The van der Waals surface area contributed by atoms with Crippen LogP contribution in [0.1, 0.15) is 5.48 Å². The number of benzene rings is 9. The molecule has 0 spiro atoms. The average molecular weight is 706 g/mol. The summed E-state index contributed by atoms with van der Waals surface area (Å²) in [6.07, 6.45) is 0. The topological polar surface area (TPSA) is 3.24 Å². The van der Waals surface area contributed by atoms with E-state index in [1.807, 2.05) is 95.9 Å². The van der Waals surface area contributed by atoms with Gasteiger partial charge in [-0.1, -0.05) is 206 Å². The van der Waals surface area contributed by atoms with Gasteiger partial charge in [0.05, 0.1) is 11.2 Å². The Morgan fingerprint density at radius 2 is 0.582 bits per heavy atom. The minimum Gasteiger partial charge on any atom is -0.310 e. The van der Waals surface area contributed by atoms with Gasteiger partial charge in [0, 0.05) is 16.9 Å². The molecule has 0 saturated heterocycles. The van der Waals surface area contributed by atoms with E-state index in [-0.39, 0.29) is 35.4 Å². The maximum Gasteiger partial charge on any atom is 0.0645 e. The van der Waals surface area contributed by atoms with Crippen LogP contribution in [-0.4, -0.2) is 0 Å². The monoisotopic (exact) mass is 705 g/mol. The van der Waals surface area contributed by atoms with Crippen molar-refractivity contribution < 1.29 is 5.48 Å². The van der Waals surface area contributed by atoms with Gasteiger partial charge in [-0.15, -0.1) is 0 Å². The van der Waals surface area contributed by atoms with Gasteiger partial charge < -0.3 is 4.90 Å². The normalized spacial score (nSPS) is 11.9. The molecule has 0 amide bonds. The number of anilines is 3. The summed E-state index contributed by atoms with van der Waals surface area (Å²) in [4.78, 5) is 1.90. The highest BCUT2D eigenvalue weighted by molar-refractivity contribution is 5.97. The second-order valence-electron chi connectivity index (χ2n) is 13.4. The summed E-state index contributed by atoms with van der Waals surface area (Å²) in [5, 5.41) is 0. The molecule has 0 atom stereocenters. The Hall–Kier alpha value is -7.22. The first-order chi connectivity index (χ1) is 29.0. The van der Waals surface area contributed by atoms with Crippen molar-refractivity contribution in [1.82, 2.24) is 0 Å². The molecular formula is C54H39N. The van der Waals surface area contributed by atoms with Crippen molar-refractivity contribution in [3.63, 3.8) is 0 Å². The third kappa shape index (κ3) is 7.00. The van der Waals surface area contributed by atoms with E-state index >= 15 is 0 Å². The molecule has 0 aromatic heterocycles. The molecule has 0 heterocycles. The molecule has 9 aromatic carbocycles. The molecule has 0 fully saturated rings. The molecular weight excluding hydrogens is 663 g/mol. The predicted molar refractivity (Wildman–Crippen MR) is 234 cm³/mol. The molecule has 9 aromatic rings.